The van der Waals surface area contributed by atoms with E-state index in [0.717, 1.165) is 5.56 Å². The van der Waals surface area contributed by atoms with Crippen LogP contribution >= 0.6 is 0 Å². The molecule has 1 aromatic carbocycles. The van der Waals surface area contributed by atoms with Gasteiger partial charge in [0.1, 0.15) is 11.6 Å². The Bertz CT molecular complexity index is 1080. The minimum Gasteiger partial charge on any atom is -0.456 e. The summed E-state index contributed by atoms with van der Waals surface area (Å²) in [6.07, 6.45) is 0.0904. The van der Waals surface area contributed by atoms with Gasteiger partial charge in [-0.25, -0.2) is 4.98 Å². The molecule has 2 atom stereocenters. The van der Waals surface area contributed by atoms with Gasteiger partial charge < -0.3 is 19.5 Å². The smallest absolute Gasteiger partial charge is 0.315 e. The van der Waals surface area contributed by atoms with E-state index in [1.165, 1.54) is 0 Å². The third-order valence-corrected chi connectivity index (χ3v) is 5.56. The molecule has 8 nitrogen and oxygen atoms in total. The number of benzene rings is 1. The molecule has 2 unspecified atom stereocenters. The largest absolute Gasteiger partial charge is 0.456 e. The van der Waals surface area contributed by atoms with Gasteiger partial charge in [-0.15, -0.1) is 0 Å². The average molecular weight is 501 g/mol. The molecule has 0 fully saturated rings. The summed E-state index contributed by atoms with van der Waals surface area (Å²) in [7, 11) is 0. The highest BCUT2D eigenvalue weighted by Crippen LogP contribution is 2.36. The predicted molar refractivity (Wildman–Crippen MR) is 139 cm³/mol. The Morgan fingerprint density at radius 1 is 0.806 bits per heavy atom. The molecule has 0 aliphatic rings. The number of ether oxygens (including phenoxy) is 3. The van der Waals surface area contributed by atoms with Crippen LogP contribution in [0, 0.1) is 17.8 Å². The van der Waals surface area contributed by atoms with Crippen molar-refractivity contribution in [1.29, 1.82) is 0 Å². The van der Waals surface area contributed by atoms with E-state index in [0.29, 0.717) is 17.3 Å². The molecule has 36 heavy (non-hydrogen) atoms. The Kier molecular flexibility index (Phi) is 10.4. The molecule has 2 aromatic rings. The lowest BCUT2D eigenvalue weighted by Crippen LogP contribution is -2.41. The maximum Gasteiger partial charge on any atom is 0.315 e. The van der Waals surface area contributed by atoms with Crippen molar-refractivity contribution < 1.29 is 28.6 Å². The lowest BCUT2D eigenvalue weighted by molar-refractivity contribution is -0.155. The third-order valence-electron chi connectivity index (χ3n) is 5.56. The SMILES string of the molecule is CCC(NC(C)C)C(OC(=O)C(C)C)c1ccc(OC(=O)C(C)C)c2nc(OC(=O)C(C)C)ccc12. The third kappa shape index (κ3) is 7.50. The van der Waals surface area contributed by atoms with Crippen molar-refractivity contribution in [3.05, 3.63) is 29.8 Å². The quantitative estimate of drug-likeness (QED) is 0.324. The summed E-state index contributed by atoms with van der Waals surface area (Å²) < 4.78 is 17.1. The molecule has 0 spiro atoms. The molecule has 0 saturated heterocycles. The Morgan fingerprint density at radius 2 is 1.39 bits per heavy atom. The van der Waals surface area contributed by atoms with Crippen LogP contribution in [-0.2, 0) is 19.1 Å². The highest BCUT2D eigenvalue weighted by atomic mass is 16.6. The molecule has 1 heterocycles. The van der Waals surface area contributed by atoms with Crippen LogP contribution in [0.1, 0.15) is 80.4 Å². The first kappa shape index (κ1) is 29.2. The second-order valence-corrected chi connectivity index (χ2v) is 10.2. The first-order chi connectivity index (χ1) is 16.8. The topological polar surface area (TPSA) is 104 Å². The van der Waals surface area contributed by atoms with Crippen LogP contribution in [0.15, 0.2) is 24.3 Å². The Morgan fingerprint density at radius 3 is 1.92 bits per heavy atom. The van der Waals surface area contributed by atoms with Gasteiger partial charge >= 0.3 is 17.9 Å². The van der Waals surface area contributed by atoms with Crippen LogP contribution < -0.4 is 14.8 Å². The van der Waals surface area contributed by atoms with Gasteiger partial charge in [0.2, 0.25) is 5.88 Å². The molecule has 1 aromatic heterocycles. The summed E-state index contributed by atoms with van der Waals surface area (Å²) in [5.74, 6) is -1.79. The molecule has 0 radical (unpaired) electrons. The summed E-state index contributed by atoms with van der Waals surface area (Å²) in [6, 6.07) is 6.79. The second-order valence-electron chi connectivity index (χ2n) is 10.2. The summed E-state index contributed by atoms with van der Waals surface area (Å²) >= 11 is 0. The number of pyridine rings is 1. The minimum absolute atomic E-state index is 0.100. The van der Waals surface area contributed by atoms with Gasteiger partial charge in [0, 0.05) is 29.1 Å². The van der Waals surface area contributed by atoms with Crippen molar-refractivity contribution in [2.45, 2.75) is 86.9 Å². The van der Waals surface area contributed by atoms with Crippen molar-refractivity contribution >= 4 is 28.8 Å². The van der Waals surface area contributed by atoms with Gasteiger partial charge in [0.05, 0.1) is 17.8 Å². The van der Waals surface area contributed by atoms with Crippen molar-refractivity contribution in [3.63, 3.8) is 0 Å². The van der Waals surface area contributed by atoms with Crippen LogP contribution in [0.3, 0.4) is 0 Å². The van der Waals surface area contributed by atoms with Crippen molar-refractivity contribution in [1.82, 2.24) is 10.3 Å². The van der Waals surface area contributed by atoms with E-state index >= 15 is 0 Å². The maximum absolute atomic E-state index is 12.7. The lowest BCUT2D eigenvalue weighted by atomic mass is 9.95. The number of esters is 3. The fraction of sp³-hybridized carbons (Fsp3) is 0.571. The van der Waals surface area contributed by atoms with Gasteiger partial charge in [-0.05, 0) is 18.6 Å². The van der Waals surface area contributed by atoms with E-state index in [2.05, 4.69) is 10.3 Å². The number of nitrogens with zero attached hydrogens (tertiary/aromatic N) is 1. The van der Waals surface area contributed by atoms with Crippen molar-refractivity contribution in [2.75, 3.05) is 0 Å². The normalized spacial score (nSPS) is 13.4. The van der Waals surface area contributed by atoms with Crippen LogP contribution in [0.2, 0.25) is 0 Å². The summed E-state index contributed by atoms with van der Waals surface area (Å²) in [5, 5.41) is 4.13. The number of fused-ring (bicyclic) bond motifs is 1. The Labute approximate surface area is 214 Å². The average Bonchev–Trinajstić information content (AvgIpc) is 2.81. The van der Waals surface area contributed by atoms with E-state index in [4.69, 9.17) is 14.2 Å². The summed E-state index contributed by atoms with van der Waals surface area (Å²) in [6.45, 7) is 16.6. The van der Waals surface area contributed by atoms with Crippen molar-refractivity contribution in [3.8, 4) is 11.6 Å². The monoisotopic (exact) mass is 500 g/mol. The molecule has 1 N–H and O–H groups in total. The maximum atomic E-state index is 12.7. The first-order valence-corrected chi connectivity index (χ1v) is 12.7. The highest BCUT2D eigenvalue weighted by molar-refractivity contribution is 5.91. The van der Waals surface area contributed by atoms with E-state index < -0.39 is 18.0 Å². The molecule has 0 amide bonds. The molecule has 0 bridgehead atoms. The zero-order chi connectivity index (χ0) is 27.2. The number of nitrogens with one attached hydrogen (secondary N) is 1. The number of hydrogen-bond donors (Lipinski definition) is 1. The second kappa shape index (κ2) is 12.8. The zero-order valence-corrected chi connectivity index (χ0v) is 22.9. The first-order valence-electron chi connectivity index (χ1n) is 12.7. The zero-order valence-electron chi connectivity index (χ0n) is 22.9. The van der Waals surface area contributed by atoms with Gasteiger partial charge in [0.15, 0.2) is 5.75 Å². The number of carbonyl (C=O) groups excluding carboxylic acids is 3. The fourth-order valence-electron chi connectivity index (χ4n) is 3.50. The van der Waals surface area contributed by atoms with Gasteiger partial charge in [0.25, 0.3) is 0 Å². The van der Waals surface area contributed by atoms with Crippen molar-refractivity contribution in [2.24, 2.45) is 17.8 Å². The van der Waals surface area contributed by atoms with Crippen LogP contribution in [0.25, 0.3) is 10.9 Å². The fourth-order valence-corrected chi connectivity index (χ4v) is 3.50. The van der Waals surface area contributed by atoms with Crippen LogP contribution in [0.4, 0.5) is 0 Å². The predicted octanol–water partition coefficient (Wildman–Crippen LogP) is 5.37. The number of aromatic nitrogens is 1. The van der Waals surface area contributed by atoms with Gasteiger partial charge in [-0.2, -0.15) is 0 Å². The van der Waals surface area contributed by atoms with E-state index in [1.807, 2.05) is 20.8 Å². The molecule has 8 heteroatoms. The molecule has 0 saturated carbocycles. The molecule has 2 rings (SSSR count). The lowest BCUT2D eigenvalue weighted by Gasteiger charge is -2.30. The molecular weight excluding hydrogens is 460 g/mol. The molecule has 0 aliphatic heterocycles. The summed E-state index contributed by atoms with van der Waals surface area (Å²) in [5.41, 5.74) is 1.07. The highest BCUT2D eigenvalue weighted by Gasteiger charge is 2.30. The van der Waals surface area contributed by atoms with E-state index in [9.17, 15) is 14.4 Å². The Balaban J connectivity index is 2.72. The number of rotatable bonds is 11. The number of carbonyl (C=O) groups is 3. The Hall–Kier alpha value is -3.00. The van der Waals surface area contributed by atoms with Gasteiger partial charge in [-0.1, -0.05) is 68.4 Å². The van der Waals surface area contributed by atoms with Crippen LogP contribution in [0.5, 0.6) is 11.6 Å². The molecule has 0 aliphatic carbocycles. The molecule has 198 valence electrons. The summed E-state index contributed by atoms with van der Waals surface area (Å²) in [4.78, 5) is 41.8. The van der Waals surface area contributed by atoms with E-state index in [-0.39, 0.29) is 47.4 Å². The van der Waals surface area contributed by atoms with Crippen LogP contribution in [-0.4, -0.2) is 35.0 Å². The van der Waals surface area contributed by atoms with E-state index in [1.54, 1.807) is 65.8 Å². The standard InChI is InChI=1S/C28H40N2O6/c1-10-21(29-18(8)9)25(36-28(33)17(6)7)20-11-13-22(34-26(31)15(2)3)24-19(20)12-14-23(30-24)35-27(32)16(4)5/h11-18,21,25,29H,10H2,1-9H3. The molecular formula is C28H40N2O6. The minimum atomic E-state index is -0.615. The number of hydrogen-bond acceptors (Lipinski definition) is 8. The van der Waals surface area contributed by atoms with Gasteiger partial charge in [-0.3, -0.25) is 14.4 Å².